The number of aromatic nitrogens is 1. The van der Waals surface area contributed by atoms with Crippen LogP contribution in [-0.2, 0) is 17.9 Å². The number of methoxy groups -OCH3 is 1. The van der Waals surface area contributed by atoms with E-state index in [-0.39, 0.29) is 6.61 Å². The van der Waals surface area contributed by atoms with Crippen molar-refractivity contribution in [3.05, 3.63) is 34.5 Å². The summed E-state index contributed by atoms with van der Waals surface area (Å²) in [6.07, 6.45) is 0. The minimum Gasteiger partial charge on any atom is -0.392 e. The molecule has 0 aliphatic rings. The molecular formula is C15H20ClNO2. The van der Waals surface area contributed by atoms with E-state index in [0.717, 1.165) is 16.5 Å². The average molecular weight is 282 g/mol. The van der Waals surface area contributed by atoms with Gasteiger partial charge in [0, 0.05) is 30.1 Å². The molecule has 1 aromatic carbocycles. The smallest absolute Gasteiger partial charge is 0.115 e. The third kappa shape index (κ3) is 2.64. The molecule has 0 saturated heterocycles. The van der Waals surface area contributed by atoms with Gasteiger partial charge in [-0.05, 0) is 23.6 Å². The molecule has 0 aliphatic carbocycles. The molecule has 104 valence electrons. The van der Waals surface area contributed by atoms with E-state index in [1.807, 2.05) is 4.57 Å². The fourth-order valence-corrected chi connectivity index (χ4v) is 2.66. The molecule has 0 amide bonds. The summed E-state index contributed by atoms with van der Waals surface area (Å²) >= 11 is 6.37. The van der Waals surface area contributed by atoms with Crippen molar-refractivity contribution in [2.45, 2.75) is 32.9 Å². The standard InChI is InChI=1S/C15H20ClNO2/c1-10(2)11-4-5-14-12(8-11)13(9-18)15(16)17(14)6-7-19-3/h4-5,8,10,18H,6-7,9H2,1-3H3. The maximum Gasteiger partial charge on any atom is 0.115 e. The highest BCUT2D eigenvalue weighted by atomic mass is 35.5. The average Bonchev–Trinajstić information content (AvgIpc) is 2.66. The molecule has 0 bridgehead atoms. The van der Waals surface area contributed by atoms with Gasteiger partial charge in [-0.2, -0.15) is 0 Å². The zero-order valence-corrected chi connectivity index (χ0v) is 12.4. The molecule has 0 unspecified atom stereocenters. The Morgan fingerprint density at radius 3 is 2.68 bits per heavy atom. The topological polar surface area (TPSA) is 34.4 Å². The van der Waals surface area contributed by atoms with Gasteiger partial charge in [0.25, 0.3) is 0 Å². The van der Waals surface area contributed by atoms with Gasteiger partial charge >= 0.3 is 0 Å². The highest BCUT2D eigenvalue weighted by Gasteiger charge is 2.15. The van der Waals surface area contributed by atoms with Crippen molar-refractivity contribution in [2.24, 2.45) is 0 Å². The molecule has 1 aromatic heterocycles. The Hall–Kier alpha value is -1.03. The zero-order chi connectivity index (χ0) is 14.0. The first-order chi connectivity index (χ1) is 9.10. The molecule has 2 rings (SSSR count). The first-order valence-electron chi connectivity index (χ1n) is 6.50. The van der Waals surface area contributed by atoms with Crippen LogP contribution in [0.2, 0.25) is 5.15 Å². The number of aliphatic hydroxyl groups excluding tert-OH is 1. The largest absolute Gasteiger partial charge is 0.392 e. The summed E-state index contributed by atoms with van der Waals surface area (Å²) in [5.41, 5.74) is 3.11. The Morgan fingerprint density at radius 1 is 1.37 bits per heavy atom. The molecule has 0 radical (unpaired) electrons. The number of hydrogen-bond donors (Lipinski definition) is 1. The normalized spacial score (nSPS) is 11.7. The highest BCUT2D eigenvalue weighted by Crippen LogP contribution is 2.32. The van der Waals surface area contributed by atoms with E-state index in [4.69, 9.17) is 16.3 Å². The molecule has 1 heterocycles. The molecule has 19 heavy (non-hydrogen) atoms. The fourth-order valence-electron chi connectivity index (χ4n) is 2.32. The Morgan fingerprint density at radius 2 is 2.11 bits per heavy atom. The zero-order valence-electron chi connectivity index (χ0n) is 11.6. The van der Waals surface area contributed by atoms with Gasteiger partial charge in [0.1, 0.15) is 5.15 Å². The van der Waals surface area contributed by atoms with Gasteiger partial charge in [-0.15, -0.1) is 0 Å². The number of fused-ring (bicyclic) bond motifs is 1. The second-order valence-electron chi connectivity index (χ2n) is 5.00. The van der Waals surface area contributed by atoms with Crippen molar-refractivity contribution in [1.82, 2.24) is 4.57 Å². The van der Waals surface area contributed by atoms with Crippen LogP contribution in [0, 0.1) is 0 Å². The summed E-state index contributed by atoms with van der Waals surface area (Å²) in [6, 6.07) is 6.32. The van der Waals surface area contributed by atoms with Crippen molar-refractivity contribution < 1.29 is 9.84 Å². The van der Waals surface area contributed by atoms with Gasteiger partial charge < -0.3 is 14.4 Å². The van der Waals surface area contributed by atoms with Crippen molar-refractivity contribution in [3.8, 4) is 0 Å². The quantitative estimate of drug-likeness (QED) is 0.909. The summed E-state index contributed by atoms with van der Waals surface area (Å²) in [6.45, 7) is 5.55. The number of halogens is 1. The Balaban J connectivity index is 2.60. The summed E-state index contributed by atoms with van der Waals surface area (Å²) in [5.74, 6) is 0.456. The van der Waals surface area contributed by atoms with E-state index in [0.29, 0.717) is 24.2 Å². The highest BCUT2D eigenvalue weighted by molar-refractivity contribution is 6.32. The van der Waals surface area contributed by atoms with E-state index in [1.54, 1.807) is 7.11 Å². The molecular weight excluding hydrogens is 262 g/mol. The monoisotopic (exact) mass is 281 g/mol. The van der Waals surface area contributed by atoms with Crippen molar-refractivity contribution in [3.63, 3.8) is 0 Å². The van der Waals surface area contributed by atoms with Gasteiger partial charge in [-0.25, -0.2) is 0 Å². The van der Waals surface area contributed by atoms with Crippen LogP contribution < -0.4 is 0 Å². The number of rotatable bonds is 5. The third-order valence-electron chi connectivity index (χ3n) is 3.47. The summed E-state index contributed by atoms with van der Waals surface area (Å²) in [4.78, 5) is 0. The number of hydrogen-bond acceptors (Lipinski definition) is 2. The van der Waals surface area contributed by atoms with E-state index in [1.165, 1.54) is 5.56 Å². The van der Waals surface area contributed by atoms with Crippen LogP contribution >= 0.6 is 11.6 Å². The number of nitrogens with zero attached hydrogens (tertiary/aromatic N) is 1. The summed E-state index contributed by atoms with van der Waals surface area (Å²) in [7, 11) is 1.67. The Labute approximate surface area is 118 Å². The number of benzene rings is 1. The molecule has 4 heteroatoms. The lowest BCUT2D eigenvalue weighted by molar-refractivity contribution is 0.188. The van der Waals surface area contributed by atoms with Crippen LogP contribution in [-0.4, -0.2) is 23.4 Å². The van der Waals surface area contributed by atoms with Gasteiger partial charge in [0.2, 0.25) is 0 Å². The van der Waals surface area contributed by atoms with Crippen LogP contribution in [0.25, 0.3) is 10.9 Å². The van der Waals surface area contributed by atoms with E-state index in [9.17, 15) is 5.11 Å². The maximum absolute atomic E-state index is 9.56. The minimum absolute atomic E-state index is 0.0448. The van der Waals surface area contributed by atoms with Crippen LogP contribution in [0.4, 0.5) is 0 Å². The van der Waals surface area contributed by atoms with Gasteiger partial charge in [0.05, 0.1) is 13.2 Å². The summed E-state index contributed by atoms with van der Waals surface area (Å²) in [5, 5.41) is 11.2. The van der Waals surface area contributed by atoms with E-state index < -0.39 is 0 Å². The van der Waals surface area contributed by atoms with Gasteiger partial charge in [-0.3, -0.25) is 0 Å². The SMILES string of the molecule is COCCn1c(Cl)c(CO)c2cc(C(C)C)ccc21. The number of aliphatic hydroxyl groups is 1. The number of ether oxygens (including phenoxy) is 1. The lowest BCUT2D eigenvalue weighted by atomic mass is 10.0. The maximum atomic E-state index is 9.56. The van der Waals surface area contributed by atoms with Crippen molar-refractivity contribution >= 4 is 22.5 Å². The van der Waals surface area contributed by atoms with E-state index >= 15 is 0 Å². The third-order valence-corrected chi connectivity index (χ3v) is 3.90. The molecule has 2 aromatic rings. The molecule has 0 fully saturated rings. The lowest BCUT2D eigenvalue weighted by Crippen LogP contribution is -2.04. The molecule has 0 aliphatic heterocycles. The van der Waals surface area contributed by atoms with Crippen LogP contribution in [0.1, 0.15) is 30.9 Å². The summed E-state index contributed by atoms with van der Waals surface area (Å²) < 4.78 is 7.11. The predicted molar refractivity (Wildman–Crippen MR) is 78.8 cm³/mol. The minimum atomic E-state index is -0.0448. The second kappa shape index (κ2) is 5.95. The first kappa shape index (κ1) is 14.4. The van der Waals surface area contributed by atoms with Crippen molar-refractivity contribution in [1.29, 1.82) is 0 Å². The van der Waals surface area contributed by atoms with E-state index in [2.05, 4.69) is 32.0 Å². The molecule has 0 spiro atoms. The van der Waals surface area contributed by atoms with Crippen LogP contribution in [0.15, 0.2) is 18.2 Å². The first-order valence-corrected chi connectivity index (χ1v) is 6.88. The van der Waals surface area contributed by atoms with Crippen LogP contribution in [0.3, 0.4) is 0 Å². The fraction of sp³-hybridized carbons (Fsp3) is 0.467. The molecule has 0 saturated carbocycles. The molecule has 0 atom stereocenters. The predicted octanol–water partition coefficient (Wildman–Crippen LogP) is 3.56. The lowest BCUT2D eigenvalue weighted by Gasteiger charge is -2.08. The molecule has 1 N–H and O–H groups in total. The van der Waals surface area contributed by atoms with Gasteiger partial charge in [0.15, 0.2) is 0 Å². The van der Waals surface area contributed by atoms with Crippen molar-refractivity contribution in [2.75, 3.05) is 13.7 Å². The molecule has 3 nitrogen and oxygen atoms in total. The Kier molecular flexibility index (Phi) is 4.50. The van der Waals surface area contributed by atoms with Gasteiger partial charge in [-0.1, -0.05) is 31.5 Å². The second-order valence-corrected chi connectivity index (χ2v) is 5.36. The Bertz CT molecular complexity index is 575. The van der Waals surface area contributed by atoms with Crippen LogP contribution in [0.5, 0.6) is 0 Å².